The minimum absolute atomic E-state index is 0.117. The summed E-state index contributed by atoms with van der Waals surface area (Å²) in [4.78, 5) is 28.1. The van der Waals surface area contributed by atoms with Gasteiger partial charge in [-0.2, -0.15) is 0 Å². The predicted octanol–water partition coefficient (Wildman–Crippen LogP) is 3.74. The van der Waals surface area contributed by atoms with Crippen molar-refractivity contribution in [2.45, 2.75) is 64.5 Å². The minimum atomic E-state index is -0.374. The highest BCUT2D eigenvalue weighted by molar-refractivity contribution is 6.30. The Morgan fingerprint density at radius 1 is 1.16 bits per heavy atom. The fourth-order valence-electron chi connectivity index (χ4n) is 7.40. The largest absolute Gasteiger partial charge is 0.369 e. The van der Waals surface area contributed by atoms with Crippen LogP contribution in [-0.2, 0) is 16.1 Å². The van der Waals surface area contributed by atoms with E-state index in [1.165, 1.54) is 5.56 Å². The molecule has 0 aromatic heterocycles. The second-order valence-corrected chi connectivity index (χ2v) is 11.6. The van der Waals surface area contributed by atoms with E-state index in [0.29, 0.717) is 17.8 Å². The molecule has 168 valence electrons. The first-order valence-electron chi connectivity index (χ1n) is 11.8. The standard InChI is InChI=1S/C25H34ClN3O2/c1-24(7-2-8-29(15-24)14-16-3-5-20(26)6-4-16)23(31)28-21-18-9-17-10-19(21)13-25(11-17,12-18)22(27)30/h3-6,17-19,21H,2,7-15H2,1H3,(H2,27,30)(H,28,31)/t17?,18-,19+,21?,24?,25?. The van der Waals surface area contributed by atoms with Gasteiger partial charge >= 0.3 is 0 Å². The molecule has 1 saturated heterocycles. The van der Waals surface area contributed by atoms with Crippen LogP contribution in [0, 0.1) is 28.6 Å². The van der Waals surface area contributed by atoms with Gasteiger partial charge in [0.1, 0.15) is 0 Å². The number of likely N-dealkylation sites (tertiary alicyclic amines) is 1. The van der Waals surface area contributed by atoms with Gasteiger partial charge in [-0.3, -0.25) is 14.5 Å². The highest BCUT2D eigenvalue weighted by Gasteiger charge is 2.58. The summed E-state index contributed by atoms with van der Waals surface area (Å²) in [5, 5.41) is 4.24. The van der Waals surface area contributed by atoms with Crippen molar-refractivity contribution in [3.05, 3.63) is 34.9 Å². The molecule has 1 aliphatic heterocycles. The van der Waals surface area contributed by atoms with E-state index in [2.05, 4.69) is 29.3 Å². The van der Waals surface area contributed by atoms with E-state index in [-0.39, 0.29) is 28.7 Å². The van der Waals surface area contributed by atoms with Crippen LogP contribution in [-0.4, -0.2) is 35.8 Å². The van der Waals surface area contributed by atoms with Crippen molar-refractivity contribution in [3.63, 3.8) is 0 Å². The zero-order valence-electron chi connectivity index (χ0n) is 18.4. The number of primary amides is 1. The highest BCUT2D eigenvalue weighted by Crippen LogP contribution is 2.60. The third-order valence-corrected chi connectivity index (χ3v) is 8.99. The first kappa shape index (κ1) is 21.3. The zero-order valence-corrected chi connectivity index (χ0v) is 19.2. The van der Waals surface area contributed by atoms with E-state index < -0.39 is 0 Å². The first-order valence-corrected chi connectivity index (χ1v) is 12.2. The molecule has 1 aromatic carbocycles. The highest BCUT2D eigenvalue weighted by atomic mass is 35.5. The van der Waals surface area contributed by atoms with Gasteiger partial charge in [0.25, 0.3) is 0 Å². The van der Waals surface area contributed by atoms with E-state index in [0.717, 1.165) is 69.6 Å². The summed E-state index contributed by atoms with van der Waals surface area (Å²) in [5.74, 6) is 1.49. The number of hydrogen-bond acceptors (Lipinski definition) is 3. The predicted molar refractivity (Wildman–Crippen MR) is 121 cm³/mol. The molecule has 6 atom stereocenters. The van der Waals surface area contributed by atoms with Crippen LogP contribution >= 0.6 is 11.6 Å². The lowest BCUT2D eigenvalue weighted by molar-refractivity contribution is -0.149. The van der Waals surface area contributed by atoms with Crippen LogP contribution in [0.5, 0.6) is 0 Å². The van der Waals surface area contributed by atoms with Crippen molar-refractivity contribution >= 4 is 23.4 Å². The number of rotatable bonds is 5. The van der Waals surface area contributed by atoms with Gasteiger partial charge in [-0.15, -0.1) is 0 Å². The maximum Gasteiger partial charge on any atom is 0.227 e. The van der Waals surface area contributed by atoms with Crippen molar-refractivity contribution in [1.29, 1.82) is 0 Å². The number of benzene rings is 1. The fraction of sp³-hybridized carbons (Fsp3) is 0.680. The number of nitrogens with two attached hydrogens (primary N) is 1. The van der Waals surface area contributed by atoms with Crippen LogP contribution in [0.25, 0.3) is 0 Å². The average molecular weight is 444 g/mol. The molecule has 2 amide bonds. The summed E-state index contributed by atoms with van der Waals surface area (Å²) in [6.07, 6.45) is 6.91. The number of nitrogens with one attached hydrogen (secondary N) is 1. The van der Waals surface area contributed by atoms with Gasteiger partial charge in [0.15, 0.2) is 0 Å². The Morgan fingerprint density at radius 2 is 1.84 bits per heavy atom. The Labute approximate surface area is 190 Å². The number of piperidine rings is 1. The number of hydrogen-bond donors (Lipinski definition) is 2. The molecule has 6 rings (SSSR count). The maximum atomic E-state index is 13.5. The molecule has 1 heterocycles. The first-order chi connectivity index (χ1) is 14.8. The van der Waals surface area contributed by atoms with Crippen LogP contribution in [0.3, 0.4) is 0 Å². The Balaban J connectivity index is 1.25. The van der Waals surface area contributed by atoms with Crippen LogP contribution in [0.1, 0.15) is 57.4 Å². The molecule has 5 aliphatic rings. The fourth-order valence-corrected chi connectivity index (χ4v) is 7.53. The van der Waals surface area contributed by atoms with Crippen LogP contribution in [0.15, 0.2) is 24.3 Å². The van der Waals surface area contributed by atoms with Crippen LogP contribution < -0.4 is 11.1 Å². The number of amides is 2. The van der Waals surface area contributed by atoms with Crippen LogP contribution in [0.2, 0.25) is 5.02 Å². The van der Waals surface area contributed by atoms with Gasteiger partial charge < -0.3 is 11.1 Å². The lowest BCUT2D eigenvalue weighted by atomic mass is 9.47. The van der Waals surface area contributed by atoms with E-state index >= 15 is 0 Å². The molecule has 5 nitrogen and oxygen atoms in total. The third-order valence-electron chi connectivity index (χ3n) is 8.74. The van der Waals surface area contributed by atoms with Gasteiger partial charge in [0.2, 0.25) is 11.8 Å². The summed E-state index contributed by atoms with van der Waals surface area (Å²) in [6, 6.07) is 8.20. The summed E-state index contributed by atoms with van der Waals surface area (Å²) in [6.45, 7) is 4.76. The molecule has 0 radical (unpaired) electrons. The molecule has 0 spiro atoms. The lowest BCUT2D eigenvalue weighted by Crippen LogP contribution is -2.63. The number of halogens is 1. The summed E-state index contributed by atoms with van der Waals surface area (Å²) in [7, 11) is 0. The molecule has 4 aliphatic carbocycles. The smallest absolute Gasteiger partial charge is 0.227 e. The van der Waals surface area contributed by atoms with Crippen molar-refractivity contribution in [3.8, 4) is 0 Å². The van der Waals surface area contributed by atoms with E-state index in [1.807, 2.05) is 12.1 Å². The van der Waals surface area contributed by atoms with Gasteiger partial charge in [-0.25, -0.2) is 0 Å². The van der Waals surface area contributed by atoms with Crippen molar-refractivity contribution in [2.75, 3.05) is 13.1 Å². The molecular formula is C25H34ClN3O2. The van der Waals surface area contributed by atoms with Crippen molar-refractivity contribution in [1.82, 2.24) is 10.2 Å². The Morgan fingerprint density at radius 3 is 2.48 bits per heavy atom. The average Bonchev–Trinajstić information content (AvgIpc) is 2.72. The Kier molecular flexibility index (Phi) is 5.33. The normalized spacial score (nSPS) is 39.4. The van der Waals surface area contributed by atoms with E-state index in [4.69, 9.17) is 17.3 Å². The third kappa shape index (κ3) is 3.89. The topological polar surface area (TPSA) is 75.4 Å². The quantitative estimate of drug-likeness (QED) is 0.727. The molecule has 4 saturated carbocycles. The van der Waals surface area contributed by atoms with Gasteiger partial charge in [-0.05, 0) is 93.9 Å². The SMILES string of the molecule is CC1(C(=O)NC2[C@@H]3CC4C[C@H]2CC(C(N)=O)(C4)C3)CCCN(Cc2ccc(Cl)cc2)C1. The summed E-state index contributed by atoms with van der Waals surface area (Å²) >= 11 is 6.02. The van der Waals surface area contributed by atoms with Crippen LogP contribution in [0.4, 0.5) is 0 Å². The van der Waals surface area contributed by atoms with Crippen molar-refractivity contribution < 1.29 is 9.59 Å². The monoisotopic (exact) mass is 443 g/mol. The molecule has 4 bridgehead atoms. The molecule has 31 heavy (non-hydrogen) atoms. The maximum absolute atomic E-state index is 13.5. The van der Waals surface area contributed by atoms with E-state index in [1.54, 1.807) is 0 Å². The Bertz CT molecular complexity index is 856. The molecule has 6 heteroatoms. The summed E-state index contributed by atoms with van der Waals surface area (Å²) < 4.78 is 0. The summed E-state index contributed by atoms with van der Waals surface area (Å²) in [5.41, 5.74) is 6.37. The zero-order chi connectivity index (χ0) is 21.8. The van der Waals surface area contributed by atoms with Crippen molar-refractivity contribution in [2.24, 2.45) is 34.3 Å². The lowest BCUT2D eigenvalue weighted by Gasteiger charge is -2.59. The second kappa shape index (κ2) is 7.77. The van der Waals surface area contributed by atoms with Gasteiger partial charge in [0.05, 0.1) is 5.41 Å². The number of carbonyl (C=O) groups excluding carboxylic acids is 2. The molecular weight excluding hydrogens is 410 g/mol. The molecule has 1 aromatic rings. The Hall–Kier alpha value is -1.59. The number of carbonyl (C=O) groups is 2. The molecule has 4 unspecified atom stereocenters. The van der Waals surface area contributed by atoms with Gasteiger partial charge in [0, 0.05) is 29.6 Å². The number of nitrogens with zero attached hydrogens (tertiary/aromatic N) is 1. The minimum Gasteiger partial charge on any atom is -0.369 e. The molecule has 3 N–H and O–H groups in total. The second-order valence-electron chi connectivity index (χ2n) is 11.1. The van der Waals surface area contributed by atoms with Gasteiger partial charge in [-0.1, -0.05) is 23.7 Å². The molecule has 5 fully saturated rings. The van der Waals surface area contributed by atoms with E-state index in [9.17, 15) is 9.59 Å².